The maximum atomic E-state index is 13.3. The predicted molar refractivity (Wildman–Crippen MR) is 210 cm³/mol. The monoisotopic (exact) mass is 793 g/mol. The summed E-state index contributed by atoms with van der Waals surface area (Å²) in [6, 6.07) is 11.4. The second-order valence-electron chi connectivity index (χ2n) is 15.5. The van der Waals surface area contributed by atoms with Gasteiger partial charge in [0.2, 0.25) is 17.7 Å². The van der Waals surface area contributed by atoms with Crippen LogP contribution in [-0.4, -0.2) is 107 Å². The first-order valence-corrected chi connectivity index (χ1v) is 20.1. The van der Waals surface area contributed by atoms with E-state index in [0.717, 1.165) is 87.9 Å². The highest BCUT2D eigenvalue weighted by molar-refractivity contribution is 6.31. The number of rotatable bonds is 9. The fourth-order valence-electron chi connectivity index (χ4n) is 8.63. The largest absolute Gasteiger partial charge is 0.490 e. The number of nitrogens with zero attached hydrogens (tertiary/aromatic N) is 7. The first-order chi connectivity index (χ1) is 27.6. The molecule has 4 fully saturated rings. The number of benzene rings is 2. The predicted octanol–water partition coefficient (Wildman–Crippen LogP) is 4.02. The number of anilines is 3. The number of ether oxygens (including phenoxy) is 1. The molecule has 0 spiro atoms. The summed E-state index contributed by atoms with van der Waals surface area (Å²) in [6.07, 6.45) is 8.53. The molecule has 16 heteroatoms. The van der Waals surface area contributed by atoms with Gasteiger partial charge in [-0.2, -0.15) is 5.26 Å². The zero-order valence-electron chi connectivity index (χ0n) is 31.5. The molecular formula is C41H44ClN9O6. The minimum Gasteiger partial charge on any atom is -0.490 e. The highest BCUT2D eigenvalue weighted by Gasteiger charge is 2.45. The van der Waals surface area contributed by atoms with Gasteiger partial charge in [-0.3, -0.25) is 39.1 Å². The van der Waals surface area contributed by atoms with E-state index < -0.39 is 29.7 Å². The zero-order valence-corrected chi connectivity index (χ0v) is 32.2. The van der Waals surface area contributed by atoms with Crippen LogP contribution in [0.15, 0.2) is 48.8 Å². The number of carbonyl (C=O) groups excluding carboxylic acids is 5. The van der Waals surface area contributed by atoms with E-state index >= 15 is 0 Å². The van der Waals surface area contributed by atoms with Gasteiger partial charge < -0.3 is 19.9 Å². The van der Waals surface area contributed by atoms with Crippen LogP contribution in [0.2, 0.25) is 5.02 Å². The summed E-state index contributed by atoms with van der Waals surface area (Å²) in [4.78, 5) is 80.6. The number of hydrogen-bond donors (Lipinski definition) is 2. The Morgan fingerprint density at radius 3 is 2.30 bits per heavy atom. The normalized spacial score (nSPS) is 23.2. The SMILES string of the molecule is N#Cc1ccc(O[C@H]2CC[C@H](C(=O)Nc3cnc(N4CCC(CN5CCN(c6ccc7c(c6)C(=O)N(C6CCC(=O)NC6=O)C7=O)CC5)CC4)cn3)CC2)cc1Cl. The number of piperazine rings is 1. The van der Waals surface area contributed by atoms with Crippen LogP contribution in [0.3, 0.4) is 0 Å². The van der Waals surface area contributed by atoms with Crippen molar-refractivity contribution in [2.24, 2.45) is 11.8 Å². The lowest BCUT2D eigenvalue weighted by Gasteiger charge is -2.39. The van der Waals surface area contributed by atoms with Crippen LogP contribution in [0.25, 0.3) is 0 Å². The van der Waals surface area contributed by atoms with Gasteiger partial charge in [-0.25, -0.2) is 9.97 Å². The Labute approximate surface area is 335 Å². The van der Waals surface area contributed by atoms with Crippen LogP contribution in [0, 0.1) is 23.2 Å². The van der Waals surface area contributed by atoms with Crippen molar-refractivity contribution in [2.45, 2.75) is 63.5 Å². The molecule has 1 aromatic heterocycles. The quantitative estimate of drug-likeness (QED) is 0.298. The molecule has 0 radical (unpaired) electrons. The van der Waals surface area contributed by atoms with Gasteiger partial charge in [-0.15, -0.1) is 0 Å². The summed E-state index contributed by atoms with van der Waals surface area (Å²) in [6.45, 7) is 6.11. The van der Waals surface area contributed by atoms with E-state index in [1.807, 2.05) is 12.1 Å². The fraction of sp³-hybridized carbons (Fsp3) is 0.463. The van der Waals surface area contributed by atoms with Crippen molar-refractivity contribution in [3.8, 4) is 11.8 Å². The number of aromatic nitrogens is 2. The van der Waals surface area contributed by atoms with Gasteiger partial charge in [0.05, 0.1) is 40.2 Å². The molecule has 2 N–H and O–H groups in total. The molecule has 1 aliphatic carbocycles. The molecule has 1 saturated carbocycles. The van der Waals surface area contributed by atoms with Crippen LogP contribution in [-0.2, 0) is 14.4 Å². The van der Waals surface area contributed by atoms with Crippen molar-refractivity contribution < 1.29 is 28.7 Å². The Bertz CT molecular complexity index is 2100. The molecule has 1 atom stereocenters. The lowest BCUT2D eigenvalue weighted by molar-refractivity contribution is -0.136. The van der Waals surface area contributed by atoms with E-state index in [0.29, 0.717) is 46.5 Å². The lowest BCUT2D eigenvalue weighted by atomic mass is 9.86. The number of imide groups is 2. The zero-order chi connectivity index (χ0) is 39.6. The van der Waals surface area contributed by atoms with Crippen LogP contribution >= 0.6 is 11.6 Å². The van der Waals surface area contributed by atoms with E-state index in [4.69, 9.17) is 21.6 Å². The van der Waals surface area contributed by atoms with Gasteiger partial charge in [0.15, 0.2) is 5.82 Å². The van der Waals surface area contributed by atoms with Crippen molar-refractivity contribution in [1.29, 1.82) is 5.26 Å². The molecule has 5 amide bonds. The van der Waals surface area contributed by atoms with Gasteiger partial charge in [-0.05, 0) is 81.2 Å². The molecule has 2 aromatic carbocycles. The molecular weight excluding hydrogens is 750 g/mol. The number of amides is 5. The maximum Gasteiger partial charge on any atom is 0.262 e. The summed E-state index contributed by atoms with van der Waals surface area (Å²) in [5, 5.41) is 14.6. The average Bonchev–Trinajstić information content (AvgIpc) is 3.47. The van der Waals surface area contributed by atoms with E-state index in [-0.39, 0.29) is 36.3 Å². The van der Waals surface area contributed by atoms with Gasteiger partial charge in [0, 0.05) is 69.9 Å². The Morgan fingerprint density at radius 2 is 1.61 bits per heavy atom. The number of carbonyl (C=O) groups is 5. The highest BCUT2D eigenvalue weighted by atomic mass is 35.5. The van der Waals surface area contributed by atoms with Crippen molar-refractivity contribution >= 4 is 58.5 Å². The van der Waals surface area contributed by atoms with Gasteiger partial charge >= 0.3 is 0 Å². The van der Waals surface area contributed by atoms with E-state index in [1.165, 1.54) is 0 Å². The third kappa shape index (κ3) is 8.29. The molecule has 57 heavy (non-hydrogen) atoms. The number of nitriles is 1. The summed E-state index contributed by atoms with van der Waals surface area (Å²) in [5.41, 5.74) is 1.87. The van der Waals surface area contributed by atoms with Crippen LogP contribution in [0.4, 0.5) is 17.3 Å². The molecule has 8 rings (SSSR count). The first kappa shape index (κ1) is 38.3. The Morgan fingerprint density at radius 1 is 0.860 bits per heavy atom. The topological polar surface area (TPSA) is 181 Å². The molecule has 3 aromatic rings. The number of hydrogen-bond acceptors (Lipinski definition) is 12. The molecule has 1 unspecified atom stereocenters. The lowest BCUT2D eigenvalue weighted by Crippen LogP contribution is -2.54. The number of halogens is 1. The van der Waals surface area contributed by atoms with Crippen molar-refractivity contribution in [3.63, 3.8) is 0 Å². The fourth-order valence-corrected chi connectivity index (χ4v) is 8.84. The van der Waals surface area contributed by atoms with E-state index in [1.54, 1.807) is 42.7 Å². The van der Waals surface area contributed by atoms with Crippen molar-refractivity contribution in [1.82, 2.24) is 25.1 Å². The maximum absolute atomic E-state index is 13.3. The van der Waals surface area contributed by atoms with Gasteiger partial charge in [-0.1, -0.05) is 11.6 Å². The molecule has 296 valence electrons. The Hall–Kier alpha value is -5.59. The van der Waals surface area contributed by atoms with E-state index in [9.17, 15) is 24.0 Å². The van der Waals surface area contributed by atoms with Crippen LogP contribution < -0.4 is 25.2 Å². The highest BCUT2D eigenvalue weighted by Crippen LogP contribution is 2.33. The molecule has 5 aliphatic rings. The molecule has 3 saturated heterocycles. The van der Waals surface area contributed by atoms with Crippen LogP contribution in [0.5, 0.6) is 5.75 Å². The van der Waals surface area contributed by atoms with Gasteiger partial charge in [0.25, 0.3) is 11.8 Å². The second kappa shape index (κ2) is 16.5. The minimum atomic E-state index is -0.976. The standard InChI is InChI=1S/C41H44ClN9O6/c42-33-20-30(7-3-27(33)21-43)57-29-5-1-26(2-6-29)38(53)46-35-22-45-36(23-44-35)50-13-11-25(12-14-50)24-48-15-17-49(18-16-48)28-4-8-31-32(19-28)41(56)51(40(31)55)34-9-10-37(52)47-39(34)54/h3-4,7-8,19-20,22-23,25-26,29,34H,1-2,5-6,9-18,24H2,(H,44,46,53)(H,47,52,54)/t26-,29-,34?. The smallest absolute Gasteiger partial charge is 0.262 e. The average molecular weight is 794 g/mol. The van der Waals surface area contributed by atoms with Crippen molar-refractivity contribution in [2.75, 3.05) is 60.9 Å². The second-order valence-corrected chi connectivity index (χ2v) is 15.9. The number of piperidine rings is 2. The first-order valence-electron chi connectivity index (χ1n) is 19.7. The van der Waals surface area contributed by atoms with E-state index in [2.05, 4.69) is 35.3 Å². The Kier molecular flexibility index (Phi) is 11.1. The summed E-state index contributed by atoms with van der Waals surface area (Å²) in [7, 11) is 0. The van der Waals surface area contributed by atoms with Crippen LogP contribution in [0.1, 0.15) is 77.6 Å². The number of fused-ring (bicyclic) bond motifs is 1. The molecule has 15 nitrogen and oxygen atoms in total. The minimum absolute atomic E-state index is 0.0133. The molecule has 4 aliphatic heterocycles. The Balaban J connectivity index is 0.751. The number of nitrogens with one attached hydrogen (secondary N) is 2. The summed E-state index contributed by atoms with van der Waals surface area (Å²) in [5.74, 6) is 0.247. The third-order valence-electron chi connectivity index (χ3n) is 11.9. The van der Waals surface area contributed by atoms with Gasteiger partial charge in [0.1, 0.15) is 23.7 Å². The molecule has 0 bridgehead atoms. The summed E-state index contributed by atoms with van der Waals surface area (Å²) >= 11 is 6.14. The van der Waals surface area contributed by atoms with Crippen molar-refractivity contribution in [3.05, 3.63) is 70.5 Å². The summed E-state index contributed by atoms with van der Waals surface area (Å²) < 4.78 is 6.06. The molecule has 5 heterocycles. The third-order valence-corrected chi connectivity index (χ3v) is 12.2.